The Morgan fingerprint density at radius 1 is 1.19 bits per heavy atom. The van der Waals surface area contributed by atoms with Gasteiger partial charge in [-0.15, -0.1) is 0 Å². The van der Waals surface area contributed by atoms with Crippen LogP contribution in [0, 0.1) is 0 Å². The zero-order chi connectivity index (χ0) is 15.2. The molecular formula is C16H18N2O3. The van der Waals surface area contributed by atoms with Crippen molar-refractivity contribution in [2.75, 3.05) is 19.5 Å². The van der Waals surface area contributed by atoms with Crippen molar-refractivity contribution in [1.82, 2.24) is 4.98 Å². The number of benzene rings is 1. The Kier molecular flexibility index (Phi) is 4.77. The largest absolute Gasteiger partial charge is 0.497 e. The minimum atomic E-state index is -0.410. The van der Waals surface area contributed by atoms with Crippen LogP contribution in [0.25, 0.3) is 0 Å². The highest BCUT2D eigenvalue weighted by atomic mass is 16.5. The summed E-state index contributed by atoms with van der Waals surface area (Å²) < 4.78 is 9.90. The number of hydrogen-bond donors (Lipinski definition) is 1. The lowest BCUT2D eigenvalue weighted by molar-refractivity contribution is 0.0601. The van der Waals surface area contributed by atoms with E-state index in [1.54, 1.807) is 25.4 Å². The summed E-state index contributed by atoms with van der Waals surface area (Å²) in [5.74, 6) is 0.902. The standard InChI is InChI=1S/C16H18N2O3/c1-11(12-6-8-13(20-2)9-7-12)18-15-14(16(19)21-3)5-4-10-17-15/h4-11H,1-3H3,(H,17,18). The van der Waals surface area contributed by atoms with Crippen molar-refractivity contribution in [3.8, 4) is 5.75 Å². The van der Waals surface area contributed by atoms with Gasteiger partial charge in [0, 0.05) is 12.2 Å². The highest BCUT2D eigenvalue weighted by molar-refractivity contribution is 5.94. The SMILES string of the molecule is COC(=O)c1cccnc1NC(C)c1ccc(OC)cc1. The van der Waals surface area contributed by atoms with E-state index < -0.39 is 5.97 Å². The second-order valence-corrected chi connectivity index (χ2v) is 4.53. The minimum Gasteiger partial charge on any atom is -0.497 e. The van der Waals surface area contributed by atoms with Crippen LogP contribution in [0.15, 0.2) is 42.6 Å². The molecule has 2 rings (SSSR count). The molecule has 5 nitrogen and oxygen atoms in total. The highest BCUT2D eigenvalue weighted by Crippen LogP contribution is 2.22. The first-order valence-corrected chi connectivity index (χ1v) is 6.59. The first-order valence-electron chi connectivity index (χ1n) is 6.59. The topological polar surface area (TPSA) is 60.5 Å². The van der Waals surface area contributed by atoms with Crippen LogP contribution in [-0.4, -0.2) is 25.2 Å². The number of anilines is 1. The van der Waals surface area contributed by atoms with Gasteiger partial charge in [0.15, 0.2) is 0 Å². The van der Waals surface area contributed by atoms with E-state index in [4.69, 9.17) is 9.47 Å². The molecule has 1 aromatic carbocycles. The number of ether oxygens (including phenoxy) is 2. The van der Waals surface area contributed by atoms with Crippen molar-refractivity contribution in [3.63, 3.8) is 0 Å². The zero-order valence-corrected chi connectivity index (χ0v) is 12.3. The third kappa shape index (κ3) is 3.51. The fourth-order valence-corrected chi connectivity index (χ4v) is 1.98. The molecule has 0 bridgehead atoms. The Morgan fingerprint density at radius 2 is 1.90 bits per heavy atom. The molecule has 21 heavy (non-hydrogen) atoms. The van der Waals surface area contributed by atoms with E-state index in [0.29, 0.717) is 11.4 Å². The zero-order valence-electron chi connectivity index (χ0n) is 12.3. The fourth-order valence-electron chi connectivity index (χ4n) is 1.98. The van der Waals surface area contributed by atoms with Crippen molar-refractivity contribution < 1.29 is 14.3 Å². The second-order valence-electron chi connectivity index (χ2n) is 4.53. The molecule has 1 heterocycles. The number of pyridine rings is 1. The van der Waals surface area contributed by atoms with Crippen LogP contribution in [-0.2, 0) is 4.74 Å². The lowest BCUT2D eigenvalue weighted by Crippen LogP contribution is -2.13. The predicted octanol–water partition coefficient (Wildman–Crippen LogP) is 3.05. The van der Waals surface area contributed by atoms with Gasteiger partial charge in [-0.25, -0.2) is 9.78 Å². The van der Waals surface area contributed by atoms with Gasteiger partial charge in [0.1, 0.15) is 17.1 Å². The van der Waals surface area contributed by atoms with Crippen LogP contribution in [0.4, 0.5) is 5.82 Å². The van der Waals surface area contributed by atoms with Crippen molar-refractivity contribution in [3.05, 3.63) is 53.7 Å². The lowest BCUT2D eigenvalue weighted by Gasteiger charge is -2.17. The number of nitrogens with one attached hydrogen (secondary N) is 1. The number of carbonyl (C=O) groups excluding carboxylic acids is 1. The number of nitrogens with zero attached hydrogens (tertiary/aromatic N) is 1. The number of carbonyl (C=O) groups is 1. The van der Waals surface area contributed by atoms with Gasteiger partial charge in [-0.05, 0) is 36.8 Å². The van der Waals surface area contributed by atoms with Gasteiger partial charge in [-0.1, -0.05) is 12.1 Å². The summed E-state index contributed by atoms with van der Waals surface area (Å²) in [6.07, 6.45) is 1.63. The Hall–Kier alpha value is -2.56. The van der Waals surface area contributed by atoms with Crippen molar-refractivity contribution >= 4 is 11.8 Å². The Bertz CT molecular complexity index is 611. The Morgan fingerprint density at radius 3 is 2.52 bits per heavy atom. The quantitative estimate of drug-likeness (QED) is 0.856. The molecule has 0 fully saturated rings. The molecule has 0 aliphatic carbocycles. The van der Waals surface area contributed by atoms with Crippen LogP contribution in [0.5, 0.6) is 5.75 Å². The molecule has 0 radical (unpaired) electrons. The monoisotopic (exact) mass is 286 g/mol. The molecule has 1 aromatic heterocycles. The number of rotatable bonds is 5. The molecule has 110 valence electrons. The molecule has 0 amide bonds. The summed E-state index contributed by atoms with van der Waals surface area (Å²) in [5.41, 5.74) is 1.48. The van der Waals surface area contributed by atoms with E-state index in [1.807, 2.05) is 31.2 Å². The maximum Gasteiger partial charge on any atom is 0.341 e. The number of hydrogen-bond acceptors (Lipinski definition) is 5. The molecule has 0 aliphatic heterocycles. The second kappa shape index (κ2) is 6.74. The molecule has 2 aromatic rings. The predicted molar refractivity (Wildman–Crippen MR) is 80.6 cm³/mol. The maximum atomic E-state index is 11.7. The van der Waals surface area contributed by atoms with Crippen LogP contribution in [0.1, 0.15) is 28.9 Å². The third-order valence-corrected chi connectivity index (χ3v) is 3.18. The van der Waals surface area contributed by atoms with Gasteiger partial charge in [-0.2, -0.15) is 0 Å². The average molecular weight is 286 g/mol. The molecule has 0 saturated heterocycles. The molecule has 0 spiro atoms. The van der Waals surface area contributed by atoms with Crippen LogP contribution < -0.4 is 10.1 Å². The third-order valence-electron chi connectivity index (χ3n) is 3.18. The van der Waals surface area contributed by atoms with E-state index in [-0.39, 0.29) is 6.04 Å². The van der Waals surface area contributed by atoms with Gasteiger partial charge in [-0.3, -0.25) is 0 Å². The van der Waals surface area contributed by atoms with Crippen LogP contribution >= 0.6 is 0 Å². The van der Waals surface area contributed by atoms with E-state index in [9.17, 15) is 4.79 Å². The smallest absolute Gasteiger partial charge is 0.341 e. The summed E-state index contributed by atoms with van der Waals surface area (Å²) in [4.78, 5) is 15.9. The maximum absolute atomic E-state index is 11.7. The molecule has 1 N–H and O–H groups in total. The molecule has 1 unspecified atom stereocenters. The van der Waals surface area contributed by atoms with Gasteiger partial charge < -0.3 is 14.8 Å². The first-order chi connectivity index (χ1) is 10.2. The van der Waals surface area contributed by atoms with E-state index >= 15 is 0 Å². The normalized spacial score (nSPS) is 11.6. The van der Waals surface area contributed by atoms with Crippen LogP contribution in [0.3, 0.4) is 0 Å². The first kappa shape index (κ1) is 14.8. The van der Waals surface area contributed by atoms with Gasteiger partial charge in [0.05, 0.1) is 14.2 Å². The average Bonchev–Trinajstić information content (AvgIpc) is 2.54. The fraction of sp³-hybridized carbons (Fsp3) is 0.250. The van der Waals surface area contributed by atoms with Crippen molar-refractivity contribution in [1.29, 1.82) is 0 Å². The van der Waals surface area contributed by atoms with Gasteiger partial charge in [0.25, 0.3) is 0 Å². The summed E-state index contributed by atoms with van der Waals surface area (Å²) in [7, 11) is 2.99. The summed E-state index contributed by atoms with van der Waals surface area (Å²) in [6, 6.07) is 11.1. The van der Waals surface area contributed by atoms with E-state index in [2.05, 4.69) is 10.3 Å². The number of esters is 1. The molecule has 5 heteroatoms. The molecule has 0 saturated carbocycles. The van der Waals surface area contributed by atoms with Gasteiger partial charge >= 0.3 is 5.97 Å². The highest BCUT2D eigenvalue weighted by Gasteiger charge is 2.15. The minimum absolute atomic E-state index is 0.00536. The molecular weight excluding hydrogens is 268 g/mol. The van der Waals surface area contributed by atoms with E-state index in [1.165, 1.54) is 7.11 Å². The number of aromatic nitrogens is 1. The summed E-state index contributed by atoms with van der Waals surface area (Å²) in [6.45, 7) is 2.00. The van der Waals surface area contributed by atoms with E-state index in [0.717, 1.165) is 11.3 Å². The summed E-state index contributed by atoms with van der Waals surface area (Å²) >= 11 is 0. The Balaban J connectivity index is 2.19. The Labute approximate surface area is 123 Å². The van der Waals surface area contributed by atoms with Gasteiger partial charge in [0.2, 0.25) is 0 Å². The molecule has 0 aliphatic rings. The number of methoxy groups -OCH3 is 2. The van der Waals surface area contributed by atoms with Crippen molar-refractivity contribution in [2.45, 2.75) is 13.0 Å². The summed E-state index contributed by atoms with van der Waals surface area (Å²) in [5, 5.41) is 3.23. The van der Waals surface area contributed by atoms with Crippen LogP contribution in [0.2, 0.25) is 0 Å². The lowest BCUT2D eigenvalue weighted by atomic mass is 10.1. The molecule has 1 atom stereocenters. The van der Waals surface area contributed by atoms with Crippen molar-refractivity contribution in [2.24, 2.45) is 0 Å².